The summed E-state index contributed by atoms with van der Waals surface area (Å²) in [5.41, 5.74) is 1.82. The third kappa shape index (κ3) is 3.36. The highest BCUT2D eigenvalue weighted by molar-refractivity contribution is 5.96. The second-order valence-electron chi connectivity index (χ2n) is 4.66. The van der Waals surface area contributed by atoms with Crippen LogP contribution in [-0.4, -0.2) is 22.7 Å². The quantitative estimate of drug-likeness (QED) is 0.798. The summed E-state index contributed by atoms with van der Waals surface area (Å²) >= 11 is 0. The molecule has 1 amide bonds. The lowest BCUT2D eigenvalue weighted by Gasteiger charge is -2.12. The Morgan fingerprint density at radius 2 is 1.90 bits per heavy atom. The number of rotatable bonds is 4. The molecule has 0 saturated carbocycles. The van der Waals surface area contributed by atoms with E-state index in [2.05, 4.69) is 5.32 Å². The van der Waals surface area contributed by atoms with Crippen molar-refractivity contribution in [3.8, 4) is 5.75 Å². The Kier molecular flexibility index (Phi) is 4.38. The van der Waals surface area contributed by atoms with E-state index < -0.39 is 12.0 Å². The van der Waals surface area contributed by atoms with E-state index >= 15 is 0 Å². The number of carbonyl (C=O) groups is 1. The van der Waals surface area contributed by atoms with E-state index in [-0.39, 0.29) is 17.9 Å². The summed E-state index contributed by atoms with van der Waals surface area (Å²) in [5, 5.41) is 22.3. The van der Waals surface area contributed by atoms with Gasteiger partial charge in [-0.3, -0.25) is 4.79 Å². The second-order valence-corrected chi connectivity index (χ2v) is 4.66. The van der Waals surface area contributed by atoms with E-state index in [4.69, 9.17) is 0 Å². The molecule has 20 heavy (non-hydrogen) atoms. The SMILES string of the molecule is Cc1ccc(C(=O)NCC(O)c2ccccc2)c(O)c1. The molecule has 0 aliphatic rings. The van der Waals surface area contributed by atoms with Crippen molar-refractivity contribution >= 4 is 5.91 Å². The van der Waals surface area contributed by atoms with Gasteiger partial charge in [0, 0.05) is 6.54 Å². The van der Waals surface area contributed by atoms with Gasteiger partial charge in [0.1, 0.15) is 5.75 Å². The zero-order chi connectivity index (χ0) is 14.5. The van der Waals surface area contributed by atoms with Gasteiger partial charge in [-0.2, -0.15) is 0 Å². The molecular formula is C16H17NO3. The van der Waals surface area contributed by atoms with E-state index in [0.29, 0.717) is 0 Å². The minimum absolute atomic E-state index is 0.0586. The van der Waals surface area contributed by atoms with Crippen LogP contribution in [0.4, 0.5) is 0 Å². The Bertz CT molecular complexity index is 596. The molecule has 0 aliphatic carbocycles. The predicted molar refractivity (Wildman–Crippen MR) is 76.6 cm³/mol. The van der Waals surface area contributed by atoms with Gasteiger partial charge in [-0.1, -0.05) is 36.4 Å². The minimum atomic E-state index is -0.771. The number of aliphatic hydroxyl groups excluding tert-OH is 1. The topological polar surface area (TPSA) is 69.6 Å². The van der Waals surface area contributed by atoms with Gasteiger partial charge in [0.25, 0.3) is 5.91 Å². The molecule has 2 rings (SSSR count). The maximum atomic E-state index is 11.9. The summed E-state index contributed by atoms with van der Waals surface area (Å²) < 4.78 is 0. The molecule has 4 heteroatoms. The fourth-order valence-corrected chi connectivity index (χ4v) is 1.91. The molecule has 0 saturated heterocycles. The van der Waals surface area contributed by atoms with Gasteiger partial charge in [0.05, 0.1) is 11.7 Å². The zero-order valence-electron chi connectivity index (χ0n) is 11.2. The molecule has 0 aromatic heterocycles. The summed E-state index contributed by atoms with van der Waals surface area (Å²) in [7, 11) is 0. The number of hydrogen-bond acceptors (Lipinski definition) is 3. The lowest BCUT2D eigenvalue weighted by molar-refractivity contribution is 0.0913. The Morgan fingerprint density at radius 1 is 1.20 bits per heavy atom. The van der Waals surface area contributed by atoms with Gasteiger partial charge in [-0.15, -0.1) is 0 Å². The van der Waals surface area contributed by atoms with E-state index in [0.717, 1.165) is 11.1 Å². The van der Waals surface area contributed by atoms with Crippen LogP contribution < -0.4 is 5.32 Å². The molecule has 0 heterocycles. The molecule has 1 unspecified atom stereocenters. The summed E-state index contributed by atoms with van der Waals surface area (Å²) in [6, 6.07) is 13.9. The van der Waals surface area contributed by atoms with Crippen molar-refractivity contribution in [1.82, 2.24) is 5.32 Å². The summed E-state index contributed by atoms with van der Waals surface area (Å²) in [4.78, 5) is 11.9. The van der Waals surface area contributed by atoms with Gasteiger partial charge < -0.3 is 15.5 Å². The van der Waals surface area contributed by atoms with Crippen molar-refractivity contribution in [3.05, 3.63) is 65.2 Å². The van der Waals surface area contributed by atoms with Crippen molar-refractivity contribution in [3.63, 3.8) is 0 Å². The molecule has 3 N–H and O–H groups in total. The summed E-state index contributed by atoms with van der Waals surface area (Å²) in [6.07, 6.45) is -0.771. The average Bonchev–Trinajstić information content (AvgIpc) is 2.45. The fraction of sp³-hybridized carbons (Fsp3) is 0.188. The van der Waals surface area contributed by atoms with E-state index in [9.17, 15) is 15.0 Å². The lowest BCUT2D eigenvalue weighted by atomic mass is 10.1. The predicted octanol–water partition coefficient (Wildman–Crippen LogP) is 2.16. The third-order valence-corrected chi connectivity index (χ3v) is 3.04. The van der Waals surface area contributed by atoms with Gasteiger partial charge in [-0.25, -0.2) is 0 Å². The first-order valence-electron chi connectivity index (χ1n) is 6.39. The minimum Gasteiger partial charge on any atom is -0.507 e. The average molecular weight is 271 g/mol. The molecular weight excluding hydrogens is 254 g/mol. The maximum Gasteiger partial charge on any atom is 0.255 e. The molecule has 1 atom stereocenters. The van der Waals surface area contributed by atoms with Crippen LogP contribution in [0.1, 0.15) is 27.6 Å². The van der Waals surface area contributed by atoms with Crippen LogP contribution in [-0.2, 0) is 0 Å². The number of carbonyl (C=O) groups excluding carboxylic acids is 1. The number of hydrogen-bond donors (Lipinski definition) is 3. The van der Waals surface area contributed by atoms with Crippen LogP contribution in [0.15, 0.2) is 48.5 Å². The molecule has 0 fully saturated rings. The van der Waals surface area contributed by atoms with Crippen molar-refractivity contribution < 1.29 is 15.0 Å². The van der Waals surface area contributed by atoms with Crippen LogP contribution in [0.25, 0.3) is 0 Å². The number of aliphatic hydroxyl groups is 1. The number of benzene rings is 2. The molecule has 0 spiro atoms. The maximum absolute atomic E-state index is 11.9. The second kappa shape index (κ2) is 6.21. The Balaban J connectivity index is 1.99. The van der Waals surface area contributed by atoms with E-state index in [1.54, 1.807) is 24.3 Å². The highest BCUT2D eigenvalue weighted by Crippen LogP contribution is 2.18. The largest absolute Gasteiger partial charge is 0.507 e. The number of aromatic hydroxyl groups is 1. The van der Waals surface area contributed by atoms with Crippen molar-refractivity contribution in [2.24, 2.45) is 0 Å². The van der Waals surface area contributed by atoms with Gasteiger partial charge in [-0.05, 0) is 30.2 Å². The first-order chi connectivity index (χ1) is 9.58. The van der Waals surface area contributed by atoms with Gasteiger partial charge in [0.2, 0.25) is 0 Å². The number of phenolic OH excluding ortho intramolecular Hbond substituents is 1. The normalized spacial score (nSPS) is 11.9. The Hall–Kier alpha value is -2.33. The number of amides is 1. The van der Waals surface area contributed by atoms with Crippen molar-refractivity contribution in [2.75, 3.05) is 6.54 Å². The molecule has 0 radical (unpaired) electrons. The molecule has 0 aliphatic heterocycles. The van der Waals surface area contributed by atoms with Gasteiger partial charge >= 0.3 is 0 Å². The van der Waals surface area contributed by atoms with Crippen LogP contribution in [0, 0.1) is 6.92 Å². The highest BCUT2D eigenvalue weighted by atomic mass is 16.3. The molecule has 0 bridgehead atoms. The highest BCUT2D eigenvalue weighted by Gasteiger charge is 2.13. The number of nitrogens with one attached hydrogen (secondary N) is 1. The number of phenols is 1. The molecule has 104 valence electrons. The Labute approximate surface area is 117 Å². The van der Waals surface area contributed by atoms with E-state index in [1.165, 1.54) is 6.07 Å². The van der Waals surface area contributed by atoms with Crippen LogP contribution >= 0.6 is 0 Å². The van der Waals surface area contributed by atoms with Crippen LogP contribution in [0.5, 0.6) is 5.75 Å². The summed E-state index contributed by atoms with van der Waals surface area (Å²) in [5.74, 6) is -0.464. The third-order valence-electron chi connectivity index (χ3n) is 3.04. The van der Waals surface area contributed by atoms with Crippen LogP contribution in [0.3, 0.4) is 0 Å². The smallest absolute Gasteiger partial charge is 0.255 e. The molecule has 2 aromatic rings. The standard InChI is InChI=1S/C16H17NO3/c1-11-7-8-13(14(18)9-11)16(20)17-10-15(19)12-5-3-2-4-6-12/h2-9,15,18-19H,10H2,1H3,(H,17,20). The first-order valence-corrected chi connectivity index (χ1v) is 6.39. The lowest BCUT2D eigenvalue weighted by Crippen LogP contribution is -2.28. The zero-order valence-corrected chi connectivity index (χ0v) is 11.2. The molecule has 2 aromatic carbocycles. The monoisotopic (exact) mass is 271 g/mol. The van der Waals surface area contributed by atoms with Gasteiger partial charge in [0.15, 0.2) is 0 Å². The van der Waals surface area contributed by atoms with Crippen molar-refractivity contribution in [1.29, 1.82) is 0 Å². The fourth-order valence-electron chi connectivity index (χ4n) is 1.91. The van der Waals surface area contributed by atoms with E-state index in [1.807, 2.05) is 25.1 Å². The first kappa shape index (κ1) is 14.1. The molecule has 4 nitrogen and oxygen atoms in total. The van der Waals surface area contributed by atoms with Crippen LogP contribution in [0.2, 0.25) is 0 Å². The Morgan fingerprint density at radius 3 is 2.55 bits per heavy atom. The summed E-state index contributed by atoms with van der Waals surface area (Å²) in [6.45, 7) is 1.93. The van der Waals surface area contributed by atoms with Crippen molar-refractivity contribution in [2.45, 2.75) is 13.0 Å². The number of aryl methyl sites for hydroxylation is 1.